The van der Waals surface area contributed by atoms with Crippen molar-refractivity contribution in [2.24, 2.45) is 38.9 Å². The van der Waals surface area contributed by atoms with Crippen LogP contribution in [0.3, 0.4) is 0 Å². The highest BCUT2D eigenvalue weighted by atomic mass is 16.3. The zero-order valence-electron chi connectivity index (χ0n) is 27.9. The molecule has 0 bridgehead atoms. The summed E-state index contributed by atoms with van der Waals surface area (Å²) in [5, 5.41) is 30.6. The van der Waals surface area contributed by atoms with E-state index in [1.54, 1.807) is 11.1 Å². The molecule has 6 aliphatic carbocycles. The molecule has 0 spiro atoms. The number of aliphatic hydroxyl groups is 3. The molecule has 0 saturated heterocycles. The van der Waals surface area contributed by atoms with E-state index in [-0.39, 0.29) is 28.5 Å². The van der Waals surface area contributed by atoms with Crippen LogP contribution < -0.4 is 0 Å². The first-order valence-electron chi connectivity index (χ1n) is 17.2. The minimum absolute atomic E-state index is 0.0889. The third-order valence-electron chi connectivity index (χ3n) is 12.1. The molecule has 4 saturated carbocycles. The fourth-order valence-electron chi connectivity index (χ4n) is 9.56. The molecule has 42 heavy (non-hydrogen) atoms. The zero-order chi connectivity index (χ0) is 30.6. The molecule has 3 heteroatoms. The van der Waals surface area contributed by atoms with Crippen LogP contribution >= 0.6 is 0 Å². The molecule has 0 heterocycles. The quantitative estimate of drug-likeness (QED) is 0.219. The Bertz CT molecular complexity index is 1150. The molecule has 3 nitrogen and oxygen atoms in total. The molecule has 2 unspecified atom stereocenters. The summed E-state index contributed by atoms with van der Waals surface area (Å²) in [6.07, 6.45) is 25.0. The number of fused-ring (bicyclic) bond motifs is 2. The van der Waals surface area contributed by atoms with Crippen LogP contribution in [0.4, 0.5) is 0 Å². The lowest BCUT2D eigenvalue weighted by molar-refractivity contribution is 0.00658. The standard InChI is InChI=1S/C20H30O.C19H30O2/c1-18(2,3)10-6-12-20(13-14-20)17-9-8-15-16(21)7-5-11-19(15,17)4;1-17(2,21)9-5-11-19(12-13-19)16-8-7-14-15(20)6-4-10-18(14,16)3/h9,15-16,21H,5,7-8,11-14H2,1-4H3;5,8-9,14-15,20-21H,4,6-7,10-13H2,1-3H3/b;9-5-/t15?,16-,19-;14?,15-,18-/m00/s1. The molecule has 3 N–H and O–H groups in total. The SMILES string of the molecule is CC(C)(C)C#CCC1(C2=CCC3[C@@H](O)CCC[C@]23C)CC1.CC(C)(O)/C=C\CC1(C2=CCC3[C@@H](O)CCC[C@]23C)CC1. The van der Waals surface area contributed by atoms with Gasteiger partial charge in [-0.1, -0.05) is 55.2 Å². The monoisotopic (exact) mass is 576 g/mol. The molecule has 0 aromatic heterocycles. The van der Waals surface area contributed by atoms with E-state index >= 15 is 0 Å². The largest absolute Gasteiger partial charge is 0.393 e. The van der Waals surface area contributed by atoms with Crippen LogP contribution in [0.5, 0.6) is 0 Å². The molecule has 6 rings (SSSR count). The van der Waals surface area contributed by atoms with Gasteiger partial charge in [-0.2, -0.15) is 0 Å². The van der Waals surface area contributed by atoms with E-state index in [1.807, 2.05) is 19.9 Å². The Hall–Kier alpha value is -1.34. The van der Waals surface area contributed by atoms with Gasteiger partial charge in [0, 0.05) is 17.3 Å². The van der Waals surface area contributed by atoms with Crippen LogP contribution in [0.25, 0.3) is 0 Å². The van der Waals surface area contributed by atoms with Gasteiger partial charge in [-0.15, -0.1) is 5.92 Å². The van der Waals surface area contributed by atoms with Gasteiger partial charge in [-0.3, -0.25) is 0 Å². The summed E-state index contributed by atoms with van der Waals surface area (Å²) in [6.45, 7) is 15.0. The second-order valence-electron chi connectivity index (χ2n) is 17.2. The van der Waals surface area contributed by atoms with Crippen molar-refractivity contribution in [3.63, 3.8) is 0 Å². The number of aliphatic hydroxyl groups excluding tert-OH is 2. The molecular weight excluding hydrogens is 516 g/mol. The molecule has 0 aromatic rings. The van der Waals surface area contributed by atoms with Gasteiger partial charge in [0.15, 0.2) is 0 Å². The minimum Gasteiger partial charge on any atom is -0.393 e. The Morgan fingerprint density at radius 2 is 1.26 bits per heavy atom. The maximum Gasteiger partial charge on any atom is 0.0771 e. The number of hydrogen-bond donors (Lipinski definition) is 3. The molecule has 4 fully saturated rings. The Labute approximate surface area is 257 Å². The molecule has 234 valence electrons. The smallest absolute Gasteiger partial charge is 0.0771 e. The average Bonchev–Trinajstić information content (AvgIpc) is 3.76. The van der Waals surface area contributed by atoms with E-state index in [0.717, 1.165) is 44.9 Å². The third-order valence-corrected chi connectivity index (χ3v) is 12.1. The van der Waals surface area contributed by atoms with E-state index in [2.05, 4.69) is 64.7 Å². The van der Waals surface area contributed by atoms with E-state index < -0.39 is 5.60 Å². The molecule has 0 amide bonds. The van der Waals surface area contributed by atoms with Gasteiger partial charge in [-0.05, 0) is 146 Å². The number of rotatable bonds is 6. The summed E-state index contributed by atoms with van der Waals surface area (Å²) in [5.74, 6) is 7.79. The van der Waals surface area contributed by atoms with Crippen LogP contribution in [-0.2, 0) is 0 Å². The maximum atomic E-state index is 10.4. The van der Waals surface area contributed by atoms with E-state index in [1.165, 1.54) is 44.9 Å². The summed E-state index contributed by atoms with van der Waals surface area (Å²) in [7, 11) is 0. The van der Waals surface area contributed by atoms with Crippen LogP contribution in [0.15, 0.2) is 35.5 Å². The van der Waals surface area contributed by atoms with Gasteiger partial charge in [-0.25, -0.2) is 0 Å². The summed E-state index contributed by atoms with van der Waals surface area (Å²) in [4.78, 5) is 0. The highest BCUT2D eigenvalue weighted by Crippen LogP contribution is 2.67. The van der Waals surface area contributed by atoms with Gasteiger partial charge in [0.25, 0.3) is 0 Å². The van der Waals surface area contributed by atoms with Crippen molar-refractivity contribution in [2.75, 3.05) is 0 Å². The third kappa shape index (κ3) is 6.39. The highest BCUT2D eigenvalue weighted by Gasteiger charge is 2.58. The van der Waals surface area contributed by atoms with Crippen molar-refractivity contribution in [3.8, 4) is 11.8 Å². The first-order valence-corrected chi connectivity index (χ1v) is 17.2. The molecule has 0 radical (unpaired) electrons. The van der Waals surface area contributed by atoms with Crippen molar-refractivity contribution >= 4 is 0 Å². The van der Waals surface area contributed by atoms with Crippen LogP contribution in [0, 0.1) is 50.8 Å². The van der Waals surface area contributed by atoms with Crippen LogP contribution in [-0.4, -0.2) is 33.1 Å². The second kappa shape index (κ2) is 11.2. The Kier molecular flexibility index (Phi) is 8.57. The zero-order valence-corrected chi connectivity index (χ0v) is 27.9. The van der Waals surface area contributed by atoms with Crippen molar-refractivity contribution in [1.29, 1.82) is 0 Å². The lowest BCUT2D eigenvalue weighted by Crippen LogP contribution is -2.40. The Morgan fingerprint density at radius 3 is 1.69 bits per heavy atom. The van der Waals surface area contributed by atoms with Gasteiger partial charge in [0.05, 0.1) is 17.8 Å². The summed E-state index contributed by atoms with van der Waals surface area (Å²) in [6, 6.07) is 0. The lowest BCUT2D eigenvalue weighted by atomic mass is 9.62. The van der Waals surface area contributed by atoms with E-state index in [0.29, 0.717) is 22.7 Å². The van der Waals surface area contributed by atoms with Crippen molar-refractivity contribution in [1.82, 2.24) is 0 Å². The van der Waals surface area contributed by atoms with Crippen LogP contribution in [0.1, 0.15) is 138 Å². The molecule has 0 aromatic carbocycles. The normalized spacial score (nSPS) is 37.9. The Balaban J connectivity index is 0.000000168. The van der Waals surface area contributed by atoms with Gasteiger partial charge in [0.1, 0.15) is 0 Å². The lowest BCUT2D eigenvalue weighted by Gasteiger charge is -2.44. The van der Waals surface area contributed by atoms with Gasteiger partial charge in [0.2, 0.25) is 0 Å². The van der Waals surface area contributed by atoms with E-state index in [9.17, 15) is 15.3 Å². The molecule has 0 aliphatic heterocycles. The van der Waals surface area contributed by atoms with Crippen molar-refractivity contribution in [3.05, 3.63) is 35.5 Å². The van der Waals surface area contributed by atoms with Crippen molar-refractivity contribution in [2.45, 2.75) is 156 Å². The predicted molar refractivity (Wildman–Crippen MR) is 174 cm³/mol. The fraction of sp³-hybridized carbons (Fsp3) is 0.795. The Morgan fingerprint density at radius 1 is 0.786 bits per heavy atom. The molecular formula is C39H60O3. The van der Waals surface area contributed by atoms with Crippen LogP contribution in [0.2, 0.25) is 0 Å². The predicted octanol–water partition coefficient (Wildman–Crippen LogP) is 8.68. The summed E-state index contributed by atoms with van der Waals surface area (Å²) in [5.41, 5.74) is 3.83. The van der Waals surface area contributed by atoms with Gasteiger partial charge >= 0.3 is 0 Å². The summed E-state index contributed by atoms with van der Waals surface area (Å²) >= 11 is 0. The first-order chi connectivity index (χ1) is 19.5. The highest BCUT2D eigenvalue weighted by molar-refractivity contribution is 5.37. The topological polar surface area (TPSA) is 60.7 Å². The number of hydrogen-bond acceptors (Lipinski definition) is 3. The maximum absolute atomic E-state index is 10.4. The second-order valence-corrected chi connectivity index (χ2v) is 17.2. The average molecular weight is 577 g/mol. The minimum atomic E-state index is -0.715. The van der Waals surface area contributed by atoms with Crippen molar-refractivity contribution < 1.29 is 15.3 Å². The molecule has 6 aliphatic rings. The fourth-order valence-corrected chi connectivity index (χ4v) is 9.56. The number of allylic oxidation sites excluding steroid dienone is 5. The first kappa shape index (κ1) is 32.1. The van der Waals surface area contributed by atoms with Gasteiger partial charge < -0.3 is 15.3 Å². The molecule has 6 atom stereocenters. The van der Waals surface area contributed by atoms with E-state index in [4.69, 9.17) is 0 Å². The summed E-state index contributed by atoms with van der Waals surface area (Å²) < 4.78 is 0.